The highest BCUT2D eigenvalue weighted by molar-refractivity contribution is 6.35. The van der Waals surface area contributed by atoms with Gasteiger partial charge in [-0.15, -0.1) is 0 Å². The molecular formula is C13H18Cl2N2. The average Bonchev–Trinajstić information content (AvgIpc) is 2.76. The number of likely N-dealkylation sites (N-methyl/N-ethyl adjacent to an activating group) is 1. The predicted molar refractivity (Wildman–Crippen MR) is 73.9 cm³/mol. The number of nitrogens with one attached hydrogen (secondary N) is 1. The van der Waals surface area contributed by atoms with Crippen LogP contribution in [0.2, 0.25) is 10.0 Å². The Morgan fingerprint density at radius 2 is 2.18 bits per heavy atom. The highest BCUT2D eigenvalue weighted by atomic mass is 35.5. The second-order valence-corrected chi connectivity index (χ2v) is 5.45. The van der Waals surface area contributed by atoms with Gasteiger partial charge in [-0.1, -0.05) is 29.3 Å². The molecule has 0 radical (unpaired) electrons. The third-order valence-electron chi connectivity index (χ3n) is 3.59. The summed E-state index contributed by atoms with van der Waals surface area (Å²) in [6.45, 7) is 4.40. The van der Waals surface area contributed by atoms with Gasteiger partial charge in [0.05, 0.1) is 0 Å². The van der Waals surface area contributed by atoms with E-state index in [2.05, 4.69) is 17.1 Å². The van der Waals surface area contributed by atoms with Gasteiger partial charge in [0.1, 0.15) is 0 Å². The zero-order chi connectivity index (χ0) is 12.4. The molecule has 4 heteroatoms. The van der Waals surface area contributed by atoms with Crippen LogP contribution in [-0.4, -0.2) is 31.1 Å². The molecule has 0 saturated carbocycles. The zero-order valence-corrected chi connectivity index (χ0v) is 11.7. The molecule has 1 aliphatic rings. The summed E-state index contributed by atoms with van der Waals surface area (Å²) in [6.07, 6.45) is 1.20. The summed E-state index contributed by atoms with van der Waals surface area (Å²) in [5.41, 5.74) is 1.16. The smallest absolute Gasteiger partial charge is 0.0468 e. The lowest BCUT2D eigenvalue weighted by Gasteiger charge is -2.25. The minimum Gasteiger partial charge on any atom is -0.316 e. The molecule has 2 rings (SSSR count). The fraction of sp³-hybridized carbons (Fsp3) is 0.538. The van der Waals surface area contributed by atoms with E-state index in [1.54, 1.807) is 0 Å². The lowest BCUT2D eigenvalue weighted by molar-refractivity contribution is 0.257. The quantitative estimate of drug-likeness (QED) is 0.908. The van der Waals surface area contributed by atoms with Crippen molar-refractivity contribution in [3.8, 4) is 0 Å². The lowest BCUT2D eigenvalue weighted by Crippen LogP contribution is -2.31. The maximum atomic E-state index is 6.25. The van der Waals surface area contributed by atoms with Crippen LogP contribution in [-0.2, 0) is 0 Å². The van der Waals surface area contributed by atoms with Crippen molar-refractivity contribution in [3.63, 3.8) is 0 Å². The first-order chi connectivity index (χ1) is 8.11. The summed E-state index contributed by atoms with van der Waals surface area (Å²) in [4.78, 5) is 2.45. The second kappa shape index (κ2) is 5.57. The van der Waals surface area contributed by atoms with E-state index in [0.29, 0.717) is 17.1 Å². The van der Waals surface area contributed by atoms with E-state index in [4.69, 9.17) is 23.2 Å². The van der Waals surface area contributed by atoms with Gasteiger partial charge in [-0.2, -0.15) is 0 Å². The van der Waals surface area contributed by atoms with Gasteiger partial charge in [-0.25, -0.2) is 0 Å². The number of benzene rings is 1. The fourth-order valence-electron chi connectivity index (χ4n) is 2.41. The van der Waals surface area contributed by atoms with Crippen molar-refractivity contribution in [1.29, 1.82) is 0 Å². The zero-order valence-electron chi connectivity index (χ0n) is 10.2. The monoisotopic (exact) mass is 272 g/mol. The number of hydrogen-bond donors (Lipinski definition) is 1. The third-order valence-corrected chi connectivity index (χ3v) is 4.15. The molecule has 1 aliphatic heterocycles. The van der Waals surface area contributed by atoms with Crippen molar-refractivity contribution < 1.29 is 0 Å². The Hall–Kier alpha value is -0.280. The summed E-state index contributed by atoms with van der Waals surface area (Å²) in [5.74, 6) is 0. The van der Waals surface area contributed by atoms with Gasteiger partial charge in [-0.05, 0) is 38.1 Å². The Kier molecular flexibility index (Phi) is 4.31. The topological polar surface area (TPSA) is 15.3 Å². The van der Waals surface area contributed by atoms with E-state index >= 15 is 0 Å². The molecule has 0 aromatic heterocycles. The largest absolute Gasteiger partial charge is 0.316 e. The first-order valence-corrected chi connectivity index (χ1v) is 6.73. The normalized spacial score (nSPS) is 22.9. The molecule has 1 saturated heterocycles. The van der Waals surface area contributed by atoms with Crippen molar-refractivity contribution in [2.45, 2.75) is 25.4 Å². The molecule has 2 unspecified atom stereocenters. The van der Waals surface area contributed by atoms with Crippen molar-refractivity contribution >= 4 is 23.2 Å². The van der Waals surface area contributed by atoms with Crippen LogP contribution in [0.1, 0.15) is 24.9 Å². The molecule has 1 N–H and O–H groups in total. The predicted octanol–water partition coefficient (Wildman–Crippen LogP) is 3.35. The van der Waals surface area contributed by atoms with Gasteiger partial charge in [0.25, 0.3) is 0 Å². The van der Waals surface area contributed by atoms with E-state index in [1.807, 2.05) is 25.2 Å². The lowest BCUT2D eigenvalue weighted by atomic mass is 10.1. The summed E-state index contributed by atoms with van der Waals surface area (Å²) in [5, 5.41) is 4.79. The van der Waals surface area contributed by atoms with E-state index in [-0.39, 0.29) is 0 Å². The van der Waals surface area contributed by atoms with Crippen molar-refractivity contribution in [2.24, 2.45) is 0 Å². The van der Waals surface area contributed by atoms with Gasteiger partial charge < -0.3 is 5.32 Å². The van der Waals surface area contributed by atoms with Crippen LogP contribution < -0.4 is 5.32 Å². The van der Waals surface area contributed by atoms with Crippen LogP contribution in [0.15, 0.2) is 18.2 Å². The fourth-order valence-corrected chi connectivity index (χ4v) is 2.98. The van der Waals surface area contributed by atoms with Gasteiger partial charge >= 0.3 is 0 Å². The number of likely N-dealkylation sites (tertiary alicyclic amines) is 1. The van der Waals surface area contributed by atoms with E-state index in [1.165, 1.54) is 6.42 Å². The van der Waals surface area contributed by atoms with E-state index in [9.17, 15) is 0 Å². The van der Waals surface area contributed by atoms with Crippen molar-refractivity contribution in [2.75, 3.05) is 20.1 Å². The van der Waals surface area contributed by atoms with Crippen LogP contribution in [0.25, 0.3) is 0 Å². The number of nitrogens with zero attached hydrogens (tertiary/aromatic N) is 1. The molecule has 2 nitrogen and oxygen atoms in total. The summed E-state index contributed by atoms with van der Waals surface area (Å²) in [6, 6.07) is 6.70. The van der Waals surface area contributed by atoms with Gasteiger partial charge in [0, 0.05) is 35.2 Å². The molecule has 2 atom stereocenters. The second-order valence-electron chi connectivity index (χ2n) is 4.61. The molecule has 0 spiro atoms. The first-order valence-electron chi connectivity index (χ1n) is 5.98. The van der Waals surface area contributed by atoms with Crippen LogP contribution in [0.4, 0.5) is 0 Å². The van der Waals surface area contributed by atoms with Crippen LogP contribution in [0.3, 0.4) is 0 Å². The Balaban J connectivity index is 2.12. The first kappa shape index (κ1) is 13.2. The Bertz CT molecular complexity index is 395. The Morgan fingerprint density at radius 3 is 2.76 bits per heavy atom. The number of hydrogen-bond acceptors (Lipinski definition) is 2. The van der Waals surface area contributed by atoms with E-state index in [0.717, 1.165) is 23.7 Å². The van der Waals surface area contributed by atoms with Crippen LogP contribution in [0.5, 0.6) is 0 Å². The minimum atomic E-state index is 0.345. The molecule has 0 bridgehead atoms. The number of rotatable bonds is 3. The van der Waals surface area contributed by atoms with Crippen molar-refractivity contribution in [1.82, 2.24) is 10.2 Å². The molecule has 0 amide bonds. The highest BCUT2D eigenvalue weighted by Gasteiger charge is 2.26. The molecule has 1 fully saturated rings. The molecule has 1 aromatic rings. The molecule has 1 heterocycles. The highest BCUT2D eigenvalue weighted by Crippen LogP contribution is 2.31. The maximum Gasteiger partial charge on any atom is 0.0468 e. The molecule has 0 aliphatic carbocycles. The van der Waals surface area contributed by atoms with Gasteiger partial charge in [-0.3, -0.25) is 4.90 Å². The summed E-state index contributed by atoms with van der Waals surface area (Å²) >= 11 is 12.2. The molecular weight excluding hydrogens is 255 g/mol. The molecule has 17 heavy (non-hydrogen) atoms. The Labute approximate surface area is 113 Å². The van der Waals surface area contributed by atoms with Crippen LogP contribution >= 0.6 is 23.2 Å². The molecule has 1 aromatic carbocycles. The standard InChI is InChI=1S/C13H18Cl2N2/c1-9(17-6-5-11(8-17)16-2)12-4-3-10(14)7-13(12)15/h3-4,7,9,11,16H,5-6,8H2,1-2H3. The van der Waals surface area contributed by atoms with Gasteiger partial charge in [0.15, 0.2) is 0 Å². The summed E-state index contributed by atoms with van der Waals surface area (Å²) < 4.78 is 0. The average molecular weight is 273 g/mol. The van der Waals surface area contributed by atoms with Crippen molar-refractivity contribution in [3.05, 3.63) is 33.8 Å². The number of halogens is 2. The minimum absolute atomic E-state index is 0.345. The molecule has 94 valence electrons. The maximum absolute atomic E-state index is 6.25. The SMILES string of the molecule is CNC1CCN(C(C)c2ccc(Cl)cc2Cl)C1. The Morgan fingerprint density at radius 1 is 1.41 bits per heavy atom. The summed E-state index contributed by atoms with van der Waals surface area (Å²) in [7, 11) is 2.02. The van der Waals surface area contributed by atoms with Gasteiger partial charge in [0.2, 0.25) is 0 Å². The van der Waals surface area contributed by atoms with Crippen LogP contribution in [0, 0.1) is 0 Å². The van der Waals surface area contributed by atoms with E-state index < -0.39 is 0 Å². The third kappa shape index (κ3) is 2.94.